The van der Waals surface area contributed by atoms with Crippen molar-refractivity contribution in [3.05, 3.63) is 82.9 Å². The van der Waals surface area contributed by atoms with Gasteiger partial charge in [0.05, 0.1) is 12.7 Å². The van der Waals surface area contributed by atoms with E-state index in [1.807, 2.05) is 30.3 Å². The second kappa shape index (κ2) is 15.4. The van der Waals surface area contributed by atoms with Crippen LogP contribution in [0.2, 0.25) is 0 Å². The van der Waals surface area contributed by atoms with Gasteiger partial charge in [-0.15, -0.1) is 0 Å². The summed E-state index contributed by atoms with van der Waals surface area (Å²) in [6.07, 6.45) is -2.56. The number of hydrogen-bond donors (Lipinski definition) is 4. The van der Waals surface area contributed by atoms with Crippen molar-refractivity contribution in [3.8, 4) is 11.5 Å². The first kappa shape index (κ1) is 33.9. The molecule has 0 amide bonds. The fourth-order valence-electron chi connectivity index (χ4n) is 4.20. The van der Waals surface area contributed by atoms with Gasteiger partial charge in [0, 0.05) is 11.1 Å². The molecule has 16 heteroatoms. The number of anilines is 1. The van der Waals surface area contributed by atoms with Crippen LogP contribution in [0, 0.1) is 0 Å². The van der Waals surface area contributed by atoms with E-state index in [1.54, 1.807) is 13.8 Å². The van der Waals surface area contributed by atoms with Crippen LogP contribution in [0.4, 0.5) is 5.82 Å². The largest absolute Gasteiger partial charge is 0.574 e. The van der Waals surface area contributed by atoms with E-state index < -0.39 is 49.9 Å². The predicted molar refractivity (Wildman–Crippen MR) is 160 cm³/mol. The Balaban J connectivity index is 1.29. The number of aromatic nitrogens is 2. The predicted octanol–water partition coefficient (Wildman–Crippen LogP) is 1.95. The van der Waals surface area contributed by atoms with Crippen LogP contribution in [0.3, 0.4) is 0 Å². The Morgan fingerprint density at radius 2 is 1.84 bits per heavy atom. The zero-order chi connectivity index (χ0) is 32.6. The van der Waals surface area contributed by atoms with Gasteiger partial charge in [-0.05, 0) is 63.6 Å². The minimum absolute atomic E-state index is 0.160. The topological polar surface area (TPSA) is 198 Å². The first-order valence-electron chi connectivity index (χ1n) is 14.1. The summed E-state index contributed by atoms with van der Waals surface area (Å²) in [5, 5.41) is 21.8. The van der Waals surface area contributed by atoms with Gasteiger partial charge in [-0.25, -0.2) is 10.3 Å². The van der Waals surface area contributed by atoms with Crippen molar-refractivity contribution in [1.29, 1.82) is 0 Å². The number of benzene rings is 2. The lowest BCUT2D eigenvalue weighted by molar-refractivity contribution is -0.169. The molecule has 242 valence electrons. The molecule has 1 saturated heterocycles. The first-order chi connectivity index (χ1) is 21.4. The summed E-state index contributed by atoms with van der Waals surface area (Å²) in [4.78, 5) is 49.7. The van der Waals surface area contributed by atoms with E-state index in [0.717, 1.165) is 10.1 Å². The summed E-state index contributed by atoms with van der Waals surface area (Å²) < 4.78 is 22.9. The normalized spacial score (nSPS) is 22.2. The molecule has 1 aliphatic heterocycles. The molecule has 1 aliphatic rings. The molecule has 0 spiro atoms. The van der Waals surface area contributed by atoms with Crippen molar-refractivity contribution in [2.45, 2.75) is 70.5 Å². The monoisotopic (exact) mass is 645 g/mol. The number of ether oxygens (including phenoxy) is 3. The molecular weight excluding hydrogens is 609 g/mol. The molecule has 0 saturated carbocycles. The number of carbonyl (C=O) groups is 1. The molecule has 2 unspecified atom stereocenters. The Hall–Kier alpha value is -3.95. The van der Waals surface area contributed by atoms with Crippen LogP contribution in [0.1, 0.15) is 39.5 Å². The van der Waals surface area contributed by atoms with Gasteiger partial charge in [-0.3, -0.25) is 18.7 Å². The SMILES string of the molecule is CC(C)OC(=O)C(C)N/N=[P+](\[O-])Oc1ccc(OC[C@H]2O[C@@H](n3ccc(NOCc4ccccc4)nc3=O)[C@](C)(O)[C@@H]2O)cc1. The van der Waals surface area contributed by atoms with E-state index in [2.05, 4.69) is 20.7 Å². The summed E-state index contributed by atoms with van der Waals surface area (Å²) in [6.45, 7) is 6.38. The zero-order valence-electron chi connectivity index (χ0n) is 25.1. The standard InChI is InChI=1S/C29H36N5O10P/c1-18(2)42-26(36)19(3)31-33-45(39)44-22-12-10-21(11-13-22)40-17-23-25(35)29(4,38)27(43-23)34-15-14-24(30-28(34)37)32-41-16-20-8-6-5-7-9-20/h5-15,18-19,23,25,27,31,35,38H,16-17H2,1-4H3,(H,30,32,37)/t19?,23-,25-,27-,29-/m1/s1. The number of nitrogens with one attached hydrogen (secondary N) is 2. The van der Waals surface area contributed by atoms with E-state index in [4.69, 9.17) is 23.6 Å². The van der Waals surface area contributed by atoms with Crippen molar-refractivity contribution in [3.63, 3.8) is 0 Å². The van der Waals surface area contributed by atoms with Gasteiger partial charge in [0.25, 0.3) is 0 Å². The summed E-state index contributed by atoms with van der Waals surface area (Å²) >= 11 is 0. The van der Waals surface area contributed by atoms with Crippen LogP contribution in [0.25, 0.3) is 0 Å². The van der Waals surface area contributed by atoms with Crippen LogP contribution in [0.5, 0.6) is 11.5 Å². The van der Waals surface area contributed by atoms with Crippen LogP contribution in [0.15, 0.2) is 76.5 Å². The second-order valence-corrected chi connectivity index (χ2v) is 11.5. The number of esters is 1. The fourth-order valence-corrected chi connectivity index (χ4v) is 4.81. The maximum Gasteiger partial charge on any atom is 0.412 e. The summed E-state index contributed by atoms with van der Waals surface area (Å²) in [6, 6.07) is 16.1. The molecule has 4 N–H and O–H groups in total. The van der Waals surface area contributed by atoms with Crippen molar-refractivity contribution < 1.29 is 43.5 Å². The van der Waals surface area contributed by atoms with Gasteiger partial charge < -0.3 is 29.3 Å². The maximum atomic E-state index is 12.8. The molecule has 1 fully saturated rings. The number of rotatable bonds is 14. The second-order valence-electron chi connectivity index (χ2n) is 10.6. The maximum absolute atomic E-state index is 12.8. The molecule has 45 heavy (non-hydrogen) atoms. The minimum Gasteiger partial charge on any atom is -0.574 e. The molecule has 0 aliphatic carbocycles. The molecule has 1 aromatic heterocycles. The highest BCUT2D eigenvalue weighted by Gasteiger charge is 2.53. The number of aliphatic hydroxyl groups excluding tert-OH is 1. The van der Waals surface area contributed by atoms with Gasteiger partial charge in [-0.2, -0.15) is 10.4 Å². The lowest BCUT2D eigenvalue weighted by Crippen LogP contribution is -2.46. The van der Waals surface area contributed by atoms with Crippen molar-refractivity contribution in [1.82, 2.24) is 15.0 Å². The smallest absolute Gasteiger partial charge is 0.412 e. The lowest BCUT2D eigenvalue weighted by Gasteiger charge is -2.27. The summed E-state index contributed by atoms with van der Waals surface area (Å²) in [5.41, 5.74) is 3.40. The van der Waals surface area contributed by atoms with E-state index in [0.29, 0.717) is 5.75 Å². The number of aliphatic hydroxyl groups is 2. The van der Waals surface area contributed by atoms with E-state index in [-0.39, 0.29) is 30.9 Å². The number of nitrogens with zero attached hydrogens (tertiary/aromatic N) is 3. The van der Waals surface area contributed by atoms with Gasteiger partial charge >= 0.3 is 19.8 Å². The quantitative estimate of drug-likeness (QED) is 0.113. The Labute approximate surface area is 260 Å². The average molecular weight is 646 g/mol. The third-order valence-electron chi connectivity index (χ3n) is 6.56. The highest BCUT2D eigenvalue weighted by molar-refractivity contribution is 7.33. The van der Waals surface area contributed by atoms with Crippen LogP contribution in [-0.4, -0.2) is 62.3 Å². The van der Waals surface area contributed by atoms with Gasteiger partial charge in [0.2, 0.25) is 0 Å². The first-order valence-corrected chi connectivity index (χ1v) is 15.2. The zero-order valence-corrected chi connectivity index (χ0v) is 26.0. The van der Waals surface area contributed by atoms with Crippen molar-refractivity contribution in [2.24, 2.45) is 4.85 Å². The van der Waals surface area contributed by atoms with Crippen LogP contribution < -0.4 is 30.7 Å². The Kier molecular flexibility index (Phi) is 11.6. The Morgan fingerprint density at radius 3 is 2.51 bits per heavy atom. The lowest BCUT2D eigenvalue weighted by atomic mass is 9.96. The third-order valence-corrected chi connectivity index (χ3v) is 7.20. The van der Waals surface area contributed by atoms with Crippen LogP contribution >= 0.6 is 8.17 Å². The molecule has 6 atom stereocenters. The van der Waals surface area contributed by atoms with Crippen LogP contribution in [-0.2, 0) is 25.7 Å². The van der Waals surface area contributed by atoms with E-state index in [9.17, 15) is 24.7 Å². The van der Waals surface area contributed by atoms with Gasteiger partial charge in [0.1, 0.15) is 36.2 Å². The highest BCUT2D eigenvalue weighted by Crippen LogP contribution is 2.38. The van der Waals surface area contributed by atoms with Gasteiger partial charge in [0.15, 0.2) is 17.8 Å². The molecule has 2 heterocycles. The third kappa shape index (κ3) is 9.28. The molecule has 0 radical (unpaired) electrons. The molecule has 15 nitrogen and oxygen atoms in total. The summed E-state index contributed by atoms with van der Waals surface area (Å²) in [7, 11) is -2.53. The summed E-state index contributed by atoms with van der Waals surface area (Å²) in [5.74, 6) is 0.207. The highest BCUT2D eigenvalue weighted by atomic mass is 31.1. The Morgan fingerprint density at radius 1 is 1.16 bits per heavy atom. The minimum atomic E-state index is -2.53. The number of carbonyl (C=O) groups excluding carboxylic acids is 1. The number of hydrogen-bond acceptors (Lipinski definition) is 13. The molecule has 2 aromatic carbocycles. The molecule has 0 bridgehead atoms. The molecular formula is C29H36N5O10P. The Bertz CT molecular complexity index is 1500. The average Bonchev–Trinajstić information content (AvgIpc) is 3.23. The van der Waals surface area contributed by atoms with Crippen molar-refractivity contribution >= 4 is 20.0 Å². The molecule has 4 rings (SSSR count). The van der Waals surface area contributed by atoms with E-state index in [1.165, 1.54) is 50.4 Å². The van der Waals surface area contributed by atoms with E-state index >= 15 is 0 Å². The van der Waals surface area contributed by atoms with Crippen molar-refractivity contribution in [2.75, 3.05) is 12.1 Å². The molecule has 3 aromatic rings. The van der Waals surface area contributed by atoms with Gasteiger partial charge in [-0.1, -0.05) is 30.3 Å². The fraction of sp³-hybridized carbons (Fsp3) is 0.414.